The fraction of sp³-hybridized carbons (Fsp3) is 0.917. The van der Waals surface area contributed by atoms with Gasteiger partial charge in [0.25, 0.3) is 0 Å². The van der Waals surface area contributed by atoms with Crippen LogP contribution in [0, 0.1) is 5.92 Å². The molecule has 0 aliphatic rings. The fourth-order valence-corrected chi connectivity index (χ4v) is 5.80. The summed E-state index contributed by atoms with van der Waals surface area (Å²) >= 11 is 0. The van der Waals surface area contributed by atoms with Crippen LogP contribution in [0.3, 0.4) is 0 Å². The summed E-state index contributed by atoms with van der Waals surface area (Å²) in [5.74, 6) is 0.668. The van der Waals surface area contributed by atoms with Crippen molar-refractivity contribution >= 4 is 21.2 Å². The van der Waals surface area contributed by atoms with E-state index in [9.17, 15) is 0 Å². The van der Waals surface area contributed by atoms with Crippen molar-refractivity contribution in [2.24, 2.45) is 11.7 Å². The van der Waals surface area contributed by atoms with Crippen molar-refractivity contribution in [3.63, 3.8) is 0 Å². The van der Waals surface area contributed by atoms with Gasteiger partial charge in [-0.3, -0.25) is 0 Å². The topological polar surface area (TPSA) is 53.7 Å². The lowest BCUT2D eigenvalue weighted by Crippen LogP contribution is -2.42. The zero-order chi connectivity index (χ0) is 22.0. The molecule has 1 atom stereocenters. The summed E-state index contributed by atoms with van der Waals surface area (Å²) in [6, 6.07) is 0.876. The van der Waals surface area contributed by atoms with E-state index >= 15 is 0 Å². The Morgan fingerprint density at radius 3 is 1.77 bits per heavy atom. The lowest BCUT2D eigenvalue weighted by atomic mass is 9.85. The van der Waals surface area contributed by atoms with Gasteiger partial charge < -0.3 is 19.0 Å². The van der Waals surface area contributed by atoms with Gasteiger partial charge in [-0.1, -0.05) is 64.0 Å². The van der Waals surface area contributed by atoms with Gasteiger partial charge in [-0.25, -0.2) is 0 Å². The minimum atomic E-state index is -2.45. The van der Waals surface area contributed by atoms with Crippen molar-refractivity contribution in [3.05, 3.63) is 12.2 Å². The van der Waals surface area contributed by atoms with Crippen LogP contribution >= 0.6 is 12.4 Å². The SMILES string of the molecule is CCCCCC/C=C\CCCCCC(CCC[Si](OC)(OC)OC)CC(C)(C)N.Cl. The molecular formula is C24H52ClNO3Si. The second-order valence-corrected chi connectivity index (χ2v) is 12.3. The summed E-state index contributed by atoms with van der Waals surface area (Å²) in [5, 5.41) is 0. The van der Waals surface area contributed by atoms with Crippen LogP contribution in [-0.4, -0.2) is 35.7 Å². The zero-order valence-corrected chi connectivity index (χ0v) is 22.7. The smallest absolute Gasteiger partial charge is 0.377 e. The Morgan fingerprint density at radius 1 is 0.800 bits per heavy atom. The first-order valence-electron chi connectivity index (χ1n) is 11.9. The summed E-state index contributed by atoms with van der Waals surface area (Å²) in [6.45, 7) is 6.55. The Bertz CT molecular complexity index is 390. The van der Waals surface area contributed by atoms with Crippen molar-refractivity contribution in [1.82, 2.24) is 0 Å². The largest absolute Gasteiger partial charge is 0.500 e. The molecule has 182 valence electrons. The molecule has 0 saturated carbocycles. The number of nitrogens with two attached hydrogens (primary N) is 1. The highest BCUT2D eigenvalue weighted by atomic mass is 35.5. The third kappa shape index (κ3) is 17.7. The van der Waals surface area contributed by atoms with Crippen LogP contribution in [0.15, 0.2) is 12.2 Å². The van der Waals surface area contributed by atoms with Crippen LogP contribution in [0.5, 0.6) is 0 Å². The second kappa shape index (κ2) is 19.7. The number of halogens is 1. The van der Waals surface area contributed by atoms with E-state index in [0.29, 0.717) is 5.92 Å². The quantitative estimate of drug-likeness (QED) is 0.116. The van der Waals surface area contributed by atoms with E-state index in [1.807, 2.05) is 0 Å². The van der Waals surface area contributed by atoms with Gasteiger partial charge in [0.2, 0.25) is 0 Å². The number of unbranched alkanes of at least 4 members (excludes halogenated alkanes) is 7. The summed E-state index contributed by atoms with van der Waals surface area (Å²) in [5.41, 5.74) is 6.22. The maximum Gasteiger partial charge on any atom is 0.500 e. The summed E-state index contributed by atoms with van der Waals surface area (Å²) < 4.78 is 16.7. The van der Waals surface area contributed by atoms with Gasteiger partial charge in [-0.2, -0.15) is 0 Å². The number of allylic oxidation sites excluding steroid dienone is 2. The van der Waals surface area contributed by atoms with E-state index in [1.165, 1.54) is 70.6 Å². The molecule has 0 aliphatic carbocycles. The number of rotatable bonds is 20. The van der Waals surface area contributed by atoms with E-state index in [4.69, 9.17) is 19.0 Å². The van der Waals surface area contributed by atoms with Crippen molar-refractivity contribution in [2.45, 2.75) is 116 Å². The average molecular weight is 466 g/mol. The predicted molar refractivity (Wildman–Crippen MR) is 135 cm³/mol. The highest BCUT2D eigenvalue weighted by Crippen LogP contribution is 2.27. The third-order valence-corrected chi connectivity index (χ3v) is 8.55. The van der Waals surface area contributed by atoms with E-state index < -0.39 is 8.80 Å². The molecular weight excluding hydrogens is 414 g/mol. The van der Waals surface area contributed by atoms with Gasteiger partial charge in [0.05, 0.1) is 0 Å². The van der Waals surface area contributed by atoms with Gasteiger partial charge in [0, 0.05) is 32.9 Å². The average Bonchev–Trinajstić information content (AvgIpc) is 2.68. The standard InChI is InChI=1S/C24H51NO3Si.ClH/c1-7-8-9-10-11-12-13-14-15-16-17-19-23(22-24(2,3)25)20-18-21-29(26-4,27-5)28-6;/h12-13,23H,7-11,14-22,25H2,1-6H3;1H/b13-12-;. The molecule has 0 bridgehead atoms. The highest BCUT2D eigenvalue weighted by Gasteiger charge is 2.37. The summed E-state index contributed by atoms with van der Waals surface area (Å²) in [6.07, 6.45) is 21.2. The Balaban J connectivity index is 0. The molecule has 0 heterocycles. The van der Waals surface area contributed by atoms with E-state index in [-0.39, 0.29) is 17.9 Å². The van der Waals surface area contributed by atoms with Gasteiger partial charge in [-0.05, 0) is 58.3 Å². The molecule has 4 nitrogen and oxygen atoms in total. The number of hydrogen-bond donors (Lipinski definition) is 1. The third-order valence-electron chi connectivity index (χ3n) is 5.72. The summed E-state index contributed by atoms with van der Waals surface area (Å²) in [7, 11) is 2.63. The van der Waals surface area contributed by atoms with Gasteiger partial charge in [0.1, 0.15) is 0 Å². The van der Waals surface area contributed by atoms with Crippen LogP contribution in [0.4, 0.5) is 0 Å². The first kappa shape index (κ1) is 32.3. The van der Waals surface area contributed by atoms with E-state index in [1.54, 1.807) is 21.3 Å². The van der Waals surface area contributed by atoms with Crippen molar-refractivity contribution < 1.29 is 13.3 Å². The van der Waals surface area contributed by atoms with Crippen LogP contribution < -0.4 is 5.73 Å². The molecule has 0 fully saturated rings. The first-order valence-corrected chi connectivity index (χ1v) is 13.8. The molecule has 0 amide bonds. The molecule has 0 aromatic carbocycles. The summed E-state index contributed by atoms with van der Waals surface area (Å²) in [4.78, 5) is 0. The first-order chi connectivity index (χ1) is 13.8. The predicted octanol–water partition coefficient (Wildman–Crippen LogP) is 7.29. The molecule has 1 unspecified atom stereocenters. The highest BCUT2D eigenvalue weighted by molar-refractivity contribution is 6.60. The number of hydrogen-bond acceptors (Lipinski definition) is 4. The Labute approximate surface area is 195 Å². The molecule has 0 saturated heterocycles. The maximum absolute atomic E-state index is 6.33. The van der Waals surface area contributed by atoms with Gasteiger partial charge >= 0.3 is 8.80 Å². The van der Waals surface area contributed by atoms with E-state index in [0.717, 1.165) is 18.9 Å². The molecule has 0 aromatic heterocycles. The molecule has 2 N–H and O–H groups in total. The Kier molecular flexibility index (Phi) is 21.2. The van der Waals surface area contributed by atoms with E-state index in [2.05, 4.69) is 32.9 Å². The van der Waals surface area contributed by atoms with Crippen LogP contribution in [0.25, 0.3) is 0 Å². The van der Waals surface area contributed by atoms with Crippen LogP contribution in [0.1, 0.15) is 104 Å². The molecule has 6 heteroatoms. The molecule has 0 spiro atoms. The second-order valence-electron chi connectivity index (χ2n) is 9.21. The Hall–Kier alpha value is 0.0869. The lowest BCUT2D eigenvalue weighted by Gasteiger charge is -2.28. The molecule has 0 aliphatic heterocycles. The monoisotopic (exact) mass is 465 g/mol. The van der Waals surface area contributed by atoms with Crippen LogP contribution in [-0.2, 0) is 13.3 Å². The van der Waals surface area contributed by atoms with Gasteiger partial charge in [-0.15, -0.1) is 12.4 Å². The minimum absolute atomic E-state index is 0. The fourth-order valence-electron chi connectivity index (χ4n) is 4.05. The van der Waals surface area contributed by atoms with Crippen LogP contribution in [0.2, 0.25) is 6.04 Å². The van der Waals surface area contributed by atoms with Crippen molar-refractivity contribution in [2.75, 3.05) is 21.3 Å². The zero-order valence-electron chi connectivity index (χ0n) is 20.8. The maximum atomic E-state index is 6.33. The van der Waals surface area contributed by atoms with Crippen molar-refractivity contribution in [3.8, 4) is 0 Å². The molecule has 0 aromatic rings. The molecule has 0 radical (unpaired) electrons. The minimum Gasteiger partial charge on any atom is -0.377 e. The molecule has 0 rings (SSSR count). The normalized spacial score (nSPS) is 13.6. The van der Waals surface area contributed by atoms with Gasteiger partial charge in [0.15, 0.2) is 0 Å². The molecule has 30 heavy (non-hydrogen) atoms. The van der Waals surface area contributed by atoms with Crippen molar-refractivity contribution in [1.29, 1.82) is 0 Å². The lowest BCUT2D eigenvalue weighted by molar-refractivity contribution is 0.122. The Morgan fingerprint density at radius 2 is 1.30 bits per heavy atom.